The number of hydrogen-bond acceptors (Lipinski definition) is 3. The highest BCUT2D eigenvalue weighted by Crippen LogP contribution is 2.17. The number of halogens is 1. The highest BCUT2D eigenvalue weighted by Gasteiger charge is 2.13. The number of hydrogen-bond donors (Lipinski definition) is 0. The number of para-hydroxylation sites is 1. The molecule has 0 atom stereocenters. The van der Waals surface area contributed by atoms with Crippen LogP contribution in [0.3, 0.4) is 0 Å². The molecule has 6 heteroatoms. The second-order valence-electron chi connectivity index (χ2n) is 4.55. The zero-order valence-corrected chi connectivity index (χ0v) is 12.9. The van der Waals surface area contributed by atoms with Gasteiger partial charge in [-0.05, 0) is 29.8 Å². The van der Waals surface area contributed by atoms with E-state index >= 15 is 0 Å². The first kappa shape index (κ1) is 15.5. The van der Waals surface area contributed by atoms with Crippen molar-refractivity contribution in [1.82, 2.24) is 0 Å². The third kappa shape index (κ3) is 4.06. The van der Waals surface area contributed by atoms with Crippen LogP contribution in [0.15, 0.2) is 59.5 Å². The summed E-state index contributed by atoms with van der Waals surface area (Å²) in [5.74, 6) is -0.0809. The van der Waals surface area contributed by atoms with Gasteiger partial charge in [0.1, 0.15) is 0 Å². The van der Waals surface area contributed by atoms with Crippen molar-refractivity contribution in [3.05, 3.63) is 60.2 Å². The van der Waals surface area contributed by atoms with Crippen LogP contribution in [0.1, 0.15) is 5.56 Å². The van der Waals surface area contributed by atoms with E-state index < -0.39 is 9.05 Å². The number of nitrogens with zero attached hydrogens (tertiary/aromatic N) is 1. The van der Waals surface area contributed by atoms with Crippen LogP contribution in [0.25, 0.3) is 0 Å². The molecule has 4 nitrogen and oxygen atoms in total. The predicted octanol–water partition coefficient (Wildman–Crippen LogP) is 2.82. The number of likely N-dealkylation sites (N-methyl/N-ethyl adjacent to an activating group) is 1. The van der Waals surface area contributed by atoms with Gasteiger partial charge in [0, 0.05) is 23.4 Å². The second kappa shape index (κ2) is 6.28. The van der Waals surface area contributed by atoms with Crippen molar-refractivity contribution in [3.8, 4) is 0 Å². The summed E-state index contributed by atoms with van der Waals surface area (Å²) >= 11 is 0. The van der Waals surface area contributed by atoms with Crippen LogP contribution in [0.2, 0.25) is 0 Å². The lowest BCUT2D eigenvalue weighted by atomic mass is 10.1. The van der Waals surface area contributed by atoms with E-state index in [9.17, 15) is 13.2 Å². The van der Waals surface area contributed by atoms with Crippen molar-refractivity contribution in [2.24, 2.45) is 0 Å². The van der Waals surface area contributed by atoms with Crippen LogP contribution in [0.4, 0.5) is 5.69 Å². The number of amides is 1. The van der Waals surface area contributed by atoms with Crippen LogP contribution < -0.4 is 4.90 Å². The molecule has 0 saturated heterocycles. The van der Waals surface area contributed by atoms with E-state index in [1.807, 2.05) is 30.3 Å². The minimum absolute atomic E-state index is 0.0248. The molecule has 0 unspecified atom stereocenters. The van der Waals surface area contributed by atoms with Gasteiger partial charge in [0.2, 0.25) is 5.91 Å². The highest BCUT2D eigenvalue weighted by molar-refractivity contribution is 8.13. The van der Waals surface area contributed by atoms with E-state index in [-0.39, 0.29) is 17.2 Å². The molecule has 0 aliphatic carbocycles. The molecule has 0 saturated carbocycles. The molecule has 0 bridgehead atoms. The van der Waals surface area contributed by atoms with Gasteiger partial charge in [-0.1, -0.05) is 30.3 Å². The SMILES string of the molecule is CN(C(=O)Cc1ccc(S(=O)(=O)Cl)cc1)c1ccccc1. The molecule has 2 aromatic carbocycles. The Bertz CT molecular complexity index is 727. The van der Waals surface area contributed by atoms with Crippen LogP contribution >= 0.6 is 10.7 Å². The Hall–Kier alpha value is -1.85. The molecular formula is C15H14ClNO3S. The van der Waals surface area contributed by atoms with Crippen molar-refractivity contribution in [2.75, 3.05) is 11.9 Å². The van der Waals surface area contributed by atoms with Crippen molar-refractivity contribution in [1.29, 1.82) is 0 Å². The number of rotatable bonds is 4. The van der Waals surface area contributed by atoms with E-state index in [1.165, 1.54) is 12.1 Å². The molecule has 0 N–H and O–H groups in total. The summed E-state index contributed by atoms with van der Waals surface area (Å²) < 4.78 is 22.3. The number of anilines is 1. The molecule has 21 heavy (non-hydrogen) atoms. The summed E-state index contributed by atoms with van der Waals surface area (Å²) in [5, 5.41) is 0. The Balaban J connectivity index is 2.10. The summed E-state index contributed by atoms with van der Waals surface area (Å²) in [6.07, 6.45) is 0.188. The summed E-state index contributed by atoms with van der Waals surface area (Å²) in [7, 11) is 3.22. The molecule has 0 aliphatic heterocycles. The Morgan fingerprint density at radius 2 is 1.62 bits per heavy atom. The first-order valence-corrected chi connectivity index (χ1v) is 8.54. The van der Waals surface area contributed by atoms with Gasteiger partial charge in [0.05, 0.1) is 11.3 Å². The van der Waals surface area contributed by atoms with Crippen LogP contribution in [0, 0.1) is 0 Å². The monoisotopic (exact) mass is 323 g/mol. The fraction of sp³-hybridized carbons (Fsp3) is 0.133. The standard InChI is InChI=1S/C15H14ClNO3S/c1-17(13-5-3-2-4-6-13)15(18)11-12-7-9-14(10-8-12)21(16,19)20/h2-10H,11H2,1H3. The smallest absolute Gasteiger partial charge is 0.261 e. The quantitative estimate of drug-likeness (QED) is 0.813. The average molecular weight is 324 g/mol. The van der Waals surface area contributed by atoms with Crippen molar-refractivity contribution in [2.45, 2.75) is 11.3 Å². The van der Waals surface area contributed by atoms with Gasteiger partial charge < -0.3 is 4.90 Å². The fourth-order valence-corrected chi connectivity index (χ4v) is 2.63. The van der Waals surface area contributed by atoms with Gasteiger partial charge in [-0.25, -0.2) is 8.42 Å². The van der Waals surface area contributed by atoms with Gasteiger partial charge in [0.25, 0.3) is 9.05 Å². The van der Waals surface area contributed by atoms with Crippen molar-refractivity contribution >= 4 is 31.3 Å². The van der Waals surface area contributed by atoms with Gasteiger partial charge in [0.15, 0.2) is 0 Å². The van der Waals surface area contributed by atoms with E-state index in [1.54, 1.807) is 24.1 Å². The molecule has 110 valence electrons. The maximum absolute atomic E-state index is 12.2. The van der Waals surface area contributed by atoms with Crippen molar-refractivity contribution in [3.63, 3.8) is 0 Å². The lowest BCUT2D eigenvalue weighted by Crippen LogP contribution is -2.27. The summed E-state index contributed by atoms with van der Waals surface area (Å²) in [6.45, 7) is 0. The average Bonchev–Trinajstić information content (AvgIpc) is 2.47. The van der Waals surface area contributed by atoms with E-state index in [4.69, 9.17) is 10.7 Å². The molecule has 0 fully saturated rings. The molecule has 0 aromatic heterocycles. The first-order valence-electron chi connectivity index (χ1n) is 6.23. The lowest BCUT2D eigenvalue weighted by molar-refractivity contribution is -0.117. The molecule has 1 amide bonds. The van der Waals surface area contributed by atoms with Crippen LogP contribution in [-0.4, -0.2) is 21.4 Å². The third-order valence-corrected chi connectivity index (χ3v) is 4.45. The fourth-order valence-electron chi connectivity index (χ4n) is 1.86. The van der Waals surface area contributed by atoms with E-state index in [0.29, 0.717) is 0 Å². The summed E-state index contributed by atoms with van der Waals surface area (Å²) in [5.41, 5.74) is 1.54. The highest BCUT2D eigenvalue weighted by atomic mass is 35.7. The topological polar surface area (TPSA) is 54.5 Å². The van der Waals surface area contributed by atoms with Gasteiger partial charge >= 0.3 is 0 Å². The number of benzene rings is 2. The Morgan fingerprint density at radius 1 is 1.05 bits per heavy atom. The molecule has 2 aromatic rings. The maximum Gasteiger partial charge on any atom is 0.261 e. The predicted molar refractivity (Wildman–Crippen MR) is 83.0 cm³/mol. The zero-order valence-electron chi connectivity index (χ0n) is 11.4. The first-order chi connectivity index (χ1) is 9.88. The Kier molecular flexibility index (Phi) is 4.65. The molecule has 0 heterocycles. The molecular weight excluding hydrogens is 310 g/mol. The second-order valence-corrected chi connectivity index (χ2v) is 7.11. The molecule has 0 spiro atoms. The number of carbonyl (C=O) groups is 1. The van der Waals surface area contributed by atoms with Gasteiger partial charge in [-0.3, -0.25) is 4.79 Å². The Labute approximate surface area is 128 Å². The lowest BCUT2D eigenvalue weighted by Gasteiger charge is -2.17. The summed E-state index contributed by atoms with van der Waals surface area (Å²) in [4.78, 5) is 13.8. The van der Waals surface area contributed by atoms with E-state index in [2.05, 4.69) is 0 Å². The van der Waals surface area contributed by atoms with Crippen molar-refractivity contribution < 1.29 is 13.2 Å². The Morgan fingerprint density at radius 3 is 2.14 bits per heavy atom. The molecule has 0 radical (unpaired) electrons. The van der Waals surface area contributed by atoms with Gasteiger partial charge in [-0.2, -0.15) is 0 Å². The number of carbonyl (C=O) groups excluding carboxylic acids is 1. The van der Waals surface area contributed by atoms with Crippen LogP contribution in [-0.2, 0) is 20.3 Å². The molecule has 0 aliphatic rings. The minimum atomic E-state index is -3.73. The largest absolute Gasteiger partial charge is 0.315 e. The zero-order chi connectivity index (χ0) is 15.5. The third-order valence-electron chi connectivity index (χ3n) is 3.08. The summed E-state index contributed by atoms with van der Waals surface area (Å²) in [6, 6.07) is 15.3. The minimum Gasteiger partial charge on any atom is -0.315 e. The van der Waals surface area contributed by atoms with E-state index in [0.717, 1.165) is 11.3 Å². The van der Waals surface area contributed by atoms with Crippen LogP contribution in [0.5, 0.6) is 0 Å². The normalized spacial score (nSPS) is 11.1. The molecule has 2 rings (SSSR count). The van der Waals surface area contributed by atoms with Gasteiger partial charge in [-0.15, -0.1) is 0 Å². The maximum atomic E-state index is 12.2.